The van der Waals surface area contributed by atoms with E-state index in [-0.39, 0.29) is 5.16 Å². The zero-order valence-corrected chi connectivity index (χ0v) is 12.7. The predicted octanol–water partition coefficient (Wildman–Crippen LogP) is 0.833. The van der Waals surface area contributed by atoms with Gasteiger partial charge in [-0.3, -0.25) is 4.79 Å². The minimum atomic E-state index is -3.86. The third-order valence-electron chi connectivity index (χ3n) is 3.14. The molecule has 114 valence electrons. The Morgan fingerprint density at radius 2 is 2.19 bits per heavy atom. The SMILES string of the molecule is CCCNC(=O)C(C)S(=O)(=O)c1nc2ccc(N)cc2[nH]1. The predicted molar refractivity (Wildman–Crippen MR) is 80.5 cm³/mol. The molecule has 4 N–H and O–H groups in total. The fourth-order valence-corrected chi connectivity index (χ4v) is 3.02. The summed E-state index contributed by atoms with van der Waals surface area (Å²) in [4.78, 5) is 18.6. The molecule has 2 rings (SSSR count). The van der Waals surface area contributed by atoms with Gasteiger partial charge in [0.25, 0.3) is 0 Å². The molecule has 0 aliphatic rings. The van der Waals surface area contributed by atoms with E-state index in [4.69, 9.17) is 5.73 Å². The first-order valence-corrected chi connectivity index (χ1v) is 8.17. The van der Waals surface area contributed by atoms with Crippen LogP contribution in [0, 0.1) is 0 Å². The Kier molecular flexibility index (Phi) is 4.17. The van der Waals surface area contributed by atoms with E-state index in [1.165, 1.54) is 6.92 Å². The molecule has 2 aromatic rings. The second-order valence-electron chi connectivity index (χ2n) is 4.80. The van der Waals surface area contributed by atoms with Crippen molar-refractivity contribution in [3.63, 3.8) is 0 Å². The summed E-state index contributed by atoms with van der Waals surface area (Å²) < 4.78 is 24.8. The van der Waals surface area contributed by atoms with E-state index in [1.54, 1.807) is 18.2 Å². The van der Waals surface area contributed by atoms with E-state index < -0.39 is 21.0 Å². The molecule has 1 unspecified atom stereocenters. The first-order valence-electron chi connectivity index (χ1n) is 6.63. The van der Waals surface area contributed by atoms with Gasteiger partial charge in [-0.15, -0.1) is 0 Å². The molecule has 7 nitrogen and oxygen atoms in total. The number of aromatic amines is 1. The van der Waals surface area contributed by atoms with E-state index in [0.29, 0.717) is 23.3 Å². The number of nitrogens with one attached hydrogen (secondary N) is 2. The number of carbonyl (C=O) groups is 1. The summed E-state index contributed by atoms with van der Waals surface area (Å²) in [6.07, 6.45) is 0.739. The van der Waals surface area contributed by atoms with Crippen molar-refractivity contribution >= 4 is 32.5 Å². The second kappa shape index (κ2) is 5.72. The lowest BCUT2D eigenvalue weighted by Gasteiger charge is -2.10. The zero-order valence-electron chi connectivity index (χ0n) is 11.9. The average Bonchev–Trinajstić information content (AvgIpc) is 2.87. The van der Waals surface area contributed by atoms with E-state index in [9.17, 15) is 13.2 Å². The molecule has 8 heteroatoms. The summed E-state index contributed by atoms with van der Waals surface area (Å²) in [5.74, 6) is -0.531. The molecule has 0 spiro atoms. The molecule has 0 radical (unpaired) electrons. The summed E-state index contributed by atoms with van der Waals surface area (Å²) >= 11 is 0. The van der Waals surface area contributed by atoms with Crippen molar-refractivity contribution in [1.82, 2.24) is 15.3 Å². The van der Waals surface area contributed by atoms with Gasteiger partial charge in [-0.25, -0.2) is 13.4 Å². The van der Waals surface area contributed by atoms with Crippen LogP contribution in [0.4, 0.5) is 5.69 Å². The molecule has 0 aliphatic heterocycles. The number of sulfone groups is 1. The molecule has 0 bridgehead atoms. The Balaban J connectivity index is 2.34. The highest BCUT2D eigenvalue weighted by molar-refractivity contribution is 7.92. The number of hydrogen-bond acceptors (Lipinski definition) is 5. The van der Waals surface area contributed by atoms with Crippen LogP contribution in [0.5, 0.6) is 0 Å². The fraction of sp³-hybridized carbons (Fsp3) is 0.385. The molecule has 1 aromatic carbocycles. The summed E-state index contributed by atoms with van der Waals surface area (Å²) in [6.45, 7) is 3.68. The van der Waals surface area contributed by atoms with Crippen LogP contribution in [-0.4, -0.2) is 36.1 Å². The van der Waals surface area contributed by atoms with E-state index in [0.717, 1.165) is 6.42 Å². The topological polar surface area (TPSA) is 118 Å². The fourth-order valence-electron chi connectivity index (χ4n) is 1.84. The van der Waals surface area contributed by atoms with Crippen molar-refractivity contribution in [2.45, 2.75) is 30.7 Å². The number of benzene rings is 1. The summed E-state index contributed by atoms with van der Waals surface area (Å²) in [5.41, 5.74) is 7.16. The Bertz CT molecular complexity index is 767. The number of nitrogens with two attached hydrogens (primary N) is 1. The summed E-state index contributed by atoms with van der Waals surface area (Å²) in [7, 11) is -3.86. The monoisotopic (exact) mass is 310 g/mol. The van der Waals surface area contributed by atoms with Crippen LogP contribution < -0.4 is 11.1 Å². The number of rotatable bonds is 5. The minimum Gasteiger partial charge on any atom is -0.399 e. The average molecular weight is 310 g/mol. The molecule has 21 heavy (non-hydrogen) atoms. The Morgan fingerprint density at radius 1 is 1.48 bits per heavy atom. The molecular formula is C13H18N4O3S. The highest BCUT2D eigenvalue weighted by Gasteiger charge is 2.32. The van der Waals surface area contributed by atoms with Gasteiger partial charge in [-0.05, 0) is 31.5 Å². The Labute approximate surface area is 122 Å². The maximum atomic E-state index is 12.4. The number of nitrogen functional groups attached to an aromatic ring is 1. The number of amides is 1. The van der Waals surface area contributed by atoms with Crippen LogP contribution in [0.1, 0.15) is 20.3 Å². The maximum absolute atomic E-state index is 12.4. The second-order valence-corrected chi connectivity index (χ2v) is 6.98. The normalized spacial score (nSPS) is 13.2. The molecular weight excluding hydrogens is 292 g/mol. The number of anilines is 1. The quantitative estimate of drug-likeness (QED) is 0.707. The van der Waals surface area contributed by atoms with Gasteiger partial charge in [0, 0.05) is 12.2 Å². The molecule has 0 saturated carbocycles. The van der Waals surface area contributed by atoms with Crippen molar-refractivity contribution in [3.8, 4) is 0 Å². The number of nitrogens with zero attached hydrogens (tertiary/aromatic N) is 1. The van der Waals surface area contributed by atoms with Gasteiger partial charge in [-0.1, -0.05) is 6.92 Å². The lowest BCUT2D eigenvalue weighted by atomic mass is 10.3. The van der Waals surface area contributed by atoms with Gasteiger partial charge in [0.2, 0.25) is 20.9 Å². The Morgan fingerprint density at radius 3 is 2.86 bits per heavy atom. The summed E-state index contributed by atoms with van der Waals surface area (Å²) in [5, 5.41) is 1.14. The van der Waals surface area contributed by atoms with Crippen LogP contribution in [-0.2, 0) is 14.6 Å². The largest absolute Gasteiger partial charge is 0.399 e. The smallest absolute Gasteiger partial charge is 0.238 e. The zero-order chi connectivity index (χ0) is 15.6. The van der Waals surface area contributed by atoms with Crippen molar-refractivity contribution in [2.24, 2.45) is 0 Å². The number of imidazole rings is 1. The third-order valence-corrected chi connectivity index (χ3v) is 5.01. The standard InChI is InChI=1S/C13H18N4O3S/c1-3-6-15-12(18)8(2)21(19,20)13-16-10-5-4-9(14)7-11(10)17-13/h4-5,7-8H,3,6,14H2,1-2H3,(H,15,18)(H,16,17). The third kappa shape index (κ3) is 2.99. The Hall–Kier alpha value is -2.09. The van der Waals surface area contributed by atoms with Crippen molar-refractivity contribution in [3.05, 3.63) is 18.2 Å². The lowest BCUT2D eigenvalue weighted by molar-refractivity contribution is -0.120. The number of aromatic nitrogens is 2. The minimum absolute atomic E-state index is 0.220. The van der Waals surface area contributed by atoms with Crippen LogP contribution in [0.3, 0.4) is 0 Å². The first-order chi connectivity index (χ1) is 9.86. The lowest BCUT2D eigenvalue weighted by Crippen LogP contribution is -2.38. The van der Waals surface area contributed by atoms with Crippen LogP contribution in [0.2, 0.25) is 0 Å². The molecule has 1 heterocycles. The van der Waals surface area contributed by atoms with Crippen molar-refractivity contribution < 1.29 is 13.2 Å². The molecule has 0 saturated heterocycles. The van der Waals surface area contributed by atoms with Gasteiger partial charge in [-0.2, -0.15) is 0 Å². The first kappa shape index (κ1) is 15.3. The van der Waals surface area contributed by atoms with E-state index in [2.05, 4.69) is 15.3 Å². The molecule has 0 fully saturated rings. The van der Waals surface area contributed by atoms with Gasteiger partial charge in [0.1, 0.15) is 5.25 Å². The van der Waals surface area contributed by atoms with Crippen molar-refractivity contribution in [1.29, 1.82) is 0 Å². The highest BCUT2D eigenvalue weighted by atomic mass is 32.2. The van der Waals surface area contributed by atoms with Crippen LogP contribution in [0.25, 0.3) is 11.0 Å². The molecule has 1 aromatic heterocycles. The molecule has 1 amide bonds. The van der Waals surface area contributed by atoms with Gasteiger partial charge in [0.15, 0.2) is 0 Å². The highest BCUT2D eigenvalue weighted by Crippen LogP contribution is 2.20. The van der Waals surface area contributed by atoms with E-state index in [1.807, 2.05) is 6.92 Å². The van der Waals surface area contributed by atoms with Gasteiger partial charge in [0.05, 0.1) is 11.0 Å². The maximum Gasteiger partial charge on any atom is 0.238 e. The molecule has 0 aliphatic carbocycles. The van der Waals surface area contributed by atoms with Crippen LogP contribution >= 0.6 is 0 Å². The molecule has 1 atom stereocenters. The summed E-state index contributed by atoms with van der Waals surface area (Å²) in [6, 6.07) is 4.86. The number of hydrogen-bond donors (Lipinski definition) is 3. The number of carbonyl (C=O) groups excluding carboxylic acids is 1. The number of fused-ring (bicyclic) bond motifs is 1. The van der Waals surface area contributed by atoms with Gasteiger partial charge >= 0.3 is 0 Å². The number of H-pyrrole nitrogens is 1. The van der Waals surface area contributed by atoms with Crippen molar-refractivity contribution in [2.75, 3.05) is 12.3 Å². The van der Waals surface area contributed by atoms with Gasteiger partial charge < -0.3 is 16.0 Å². The van der Waals surface area contributed by atoms with E-state index >= 15 is 0 Å². The van der Waals surface area contributed by atoms with Crippen LogP contribution in [0.15, 0.2) is 23.4 Å².